The molecule has 0 spiro atoms. The molecule has 0 heterocycles. The molecule has 0 bridgehead atoms. The fourth-order valence-corrected chi connectivity index (χ4v) is 1.20. The maximum Gasteiger partial charge on any atom is 0.187 e. The van der Waals surface area contributed by atoms with Crippen LogP contribution in [-0.4, -0.2) is 18.6 Å². The Morgan fingerprint density at radius 2 is 1.87 bits per heavy atom. The van der Waals surface area contributed by atoms with Crippen molar-refractivity contribution in [3.63, 3.8) is 0 Å². The summed E-state index contributed by atoms with van der Waals surface area (Å²) in [6.07, 6.45) is 0. The van der Waals surface area contributed by atoms with E-state index < -0.39 is 0 Å². The third-order valence-corrected chi connectivity index (χ3v) is 1.99. The zero-order valence-electron chi connectivity index (χ0n) is 9.23. The van der Waals surface area contributed by atoms with Crippen molar-refractivity contribution in [1.82, 2.24) is 0 Å². The van der Waals surface area contributed by atoms with Gasteiger partial charge in [0, 0.05) is 11.5 Å². The Morgan fingerprint density at radius 3 is 2.33 bits per heavy atom. The standard InChI is InChI=1S/C12H15NO2/c1-9(2)12(14)11(13-15-3)10-7-5-4-6-8-10/h4-9H,1-3H3/b13-11+. The minimum absolute atomic E-state index is 0.0111. The number of nitrogens with zero attached hydrogens (tertiary/aromatic N) is 1. The van der Waals surface area contributed by atoms with E-state index in [2.05, 4.69) is 5.16 Å². The van der Waals surface area contributed by atoms with Crippen LogP contribution in [-0.2, 0) is 9.63 Å². The van der Waals surface area contributed by atoms with E-state index in [0.29, 0.717) is 5.71 Å². The normalized spacial score (nSPS) is 11.6. The number of hydrogen-bond acceptors (Lipinski definition) is 3. The van der Waals surface area contributed by atoms with E-state index >= 15 is 0 Å². The molecule has 80 valence electrons. The van der Waals surface area contributed by atoms with Gasteiger partial charge in [-0.05, 0) is 0 Å². The first kappa shape index (κ1) is 11.4. The molecule has 0 radical (unpaired) electrons. The Labute approximate surface area is 89.7 Å². The van der Waals surface area contributed by atoms with Crippen LogP contribution < -0.4 is 0 Å². The topological polar surface area (TPSA) is 38.7 Å². The van der Waals surface area contributed by atoms with Gasteiger partial charge in [0.1, 0.15) is 7.11 Å². The van der Waals surface area contributed by atoms with Crippen molar-refractivity contribution in [1.29, 1.82) is 0 Å². The number of Topliss-reactive ketones (excluding diaryl/α,β-unsaturated/α-hetero) is 1. The van der Waals surface area contributed by atoms with Crippen LogP contribution in [0.3, 0.4) is 0 Å². The molecule has 0 unspecified atom stereocenters. The first-order chi connectivity index (χ1) is 7.16. The largest absolute Gasteiger partial charge is 0.399 e. The summed E-state index contributed by atoms with van der Waals surface area (Å²) in [5.41, 5.74) is 1.17. The lowest BCUT2D eigenvalue weighted by atomic mass is 9.99. The monoisotopic (exact) mass is 205 g/mol. The zero-order valence-corrected chi connectivity index (χ0v) is 9.23. The van der Waals surface area contributed by atoms with E-state index in [1.54, 1.807) is 0 Å². The van der Waals surface area contributed by atoms with Crippen LogP contribution in [0.5, 0.6) is 0 Å². The summed E-state index contributed by atoms with van der Waals surface area (Å²) in [7, 11) is 1.44. The molecule has 0 fully saturated rings. The zero-order chi connectivity index (χ0) is 11.3. The van der Waals surface area contributed by atoms with Gasteiger partial charge in [0.15, 0.2) is 11.5 Å². The molecule has 15 heavy (non-hydrogen) atoms. The molecule has 3 nitrogen and oxygen atoms in total. The van der Waals surface area contributed by atoms with Crippen LogP contribution in [0.15, 0.2) is 35.5 Å². The van der Waals surface area contributed by atoms with Gasteiger partial charge in [0.25, 0.3) is 0 Å². The summed E-state index contributed by atoms with van der Waals surface area (Å²) in [6, 6.07) is 9.33. The molecule has 0 amide bonds. The van der Waals surface area contributed by atoms with Crippen molar-refractivity contribution in [2.75, 3.05) is 7.11 Å². The Balaban J connectivity index is 3.05. The van der Waals surface area contributed by atoms with Gasteiger partial charge in [0.05, 0.1) is 0 Å². The second-order valence-electron chi connectivity index (χ2n) is 3.51. The van der Waals surface area contributed by atoms with Gasteiger partial charge in [-0.2, -0.15) is 0 Å². The van der Waals surface area contributed by atoms with Gasteiger partial charge >= 0.3 is 0 Å². The Morgan fingerprint density at radius 1 is 1.27 bits per heavy atom. The molecule has 0 aliphatic carbocycles. The van der Waals surface area contributed by atoms with Crippen LogP contribution in [0.2, 0.25) is 0 Å². The molecule has 1 aromatic rings. The summed E-state index contributed by atoms with van der Waals surface area (Å²) in [5.74, 6) is -0.0952. The number of carbonyl (C=O) groups excluding carboxylic acids is 1. The highest BCUT2D eigenvalue weighted by molar-refractivity contribution is 6.46. The van der Waals surface area contributed by atoms with Crippen LogP contribution >= 0.6 is 0 Å². The van der Waals surface area contributed by atoms with Crippen molar-refractivity contribution < 1.29 is 9.63 Å². The first-order valence-electron chi connectivity index (χ1n) is 4.87. The van der Waals surface area contributed by atoms with E-state index in [0.717, 1.165) is 5.56 Å². The number of rotatable bonds is 4. The first-order valence-corrected chi connectivity index (χ1v) is 4.87. The van der Waals surface area contributed by atoms with Gasteiger partial charge < -0.3 is 4.84 Å². The molecule has 0 atom stereocenters. The quantitative estimate of drug-likeness (QED) is 0.558. The molecular formula is C12H15NO2. The molecule has 3 heteroatoms. The van der Waals surface area contributed by atoms with Gasteiger partial charge in [-0.3, -0.25) is 4.79 Å². The molecule has 0 aromatic heterocycles. The summed E-state index contributed by atoms with van der Waals surface area (Å²) in [6.45, 7) is 3.69. The number of oxime groups is 1. The van der Waals surface area contributed by atoms with Gasteiger partial charge in [-0.15, -0.1) is 0 Å². The van der Waals surface area contributed by atoms with Crippen LogP contribution in [0, 0.1) is 5.92 Å². The lowest BCUT2D eigenvalue weighted by Crippen LogP contribution is -2.21. The third kappa shape index (κ3) is 2.91. The lowest BCUT2D eigenvalue weighted by molar-refractivity contribution is -0.115. The highest BCUT2D eigenvalue weighted by Gasteiger charge is 2.17. The minimum Gasteiger partial charge on any atom is -0.399 e. The summed E-state index contributed by atoms with van der Waals surface area (Å²) >= 11 is 0. The SMILES string of the molecule is CO/N=C(/C(=O)C(C)C)c1ccccc1. The maximum absolute atomic E-state index is 11.8. The fraction of sp³-hybridized carbons (Fsp3) is 0.333. The smallest absolute Gasteiger partial charge is 0.187 e. The molecule has 0 N–H and O–H groups in total. The van der Waals surface area contributed by atoms with Crippen molar-refractivity contribution in [2.45, 2.75) is 13.8 Å². The molecule has 0 saturated heterocycles. The number of carbonyl (C=O) groups is 1. The highest BCUT2D eigenvalue weighted by atomic mass is 16.6. The Hall–Kier alpha value is -1.64. The minimum atomic E-state index is -0.0842. The number of hydrogen-bond donors (Lipinski definition) is 0. The molecule has 0 aliphatic rings. The van der Waals surface area contributed by atoms with Crippen LogP contribution in [0.4, 0.5) is 0 Å². The molecule has 1 aromatic carbocycles. The lowest BCUT2D eigenvalue weighted by Gasteiger charge is -2.06. The molecule has 0 saturated carbocycles. The number of benzene rings is 1. The van der Waals surface area contributed by atoms with Gasteiger partial charge in [-0.1, -0.05) is 49.3 Å². The Kier molecular flexibility index (Phi) is 4.03. The van der Waals surface area contributed by atoms with E-state index in [-0.39, 0.29) is 11.7 Å². The van der Waals surface area contributed by atoms with E-state index in [9.17, 15) is 4.79 Å². The average Bonchev–Trinajstić information content (AvgIpc) is 2.26. The summed E-state index contributed by atoms with van der Waals surface area (Å²) in [5, 5.41) is 3.78. The third-order valence-electron chi connectivity index (χ3n) is 1.99. The average molecular weight is 205 g/mol. The van der Waals surface area contributed by atoms with E-state index in [1.165, 1.54) is 7.11 Å². The predicted molar refractivity (Wildman–Crippen MR) is 59.8 cm³/mol. The van der Waals surface area contributed by atoms with Crippen molar-refractivity contribution >= 4 is 11.5 Å². The highest BCUT2D eigenvalue weighted by Crippen LogP contribution is 2.07. The Bertz CT molecular complexity index is 355. The van der Waals surface area contributed by atoms with Gasteiger partial charge in [0.2, 0.25) is 0 Å². The summed E-state index contributed by atoms with van der Waals surface area (Å²) in [4.78, 5) is 16.5. The second-order valence-corrected chi connectivity index (χ2v) is 3.51. The summed E-state index contributed by atoms with van der Waals surface area (Å²) < 4.78 is 0. The van der Waals surface area contributed by atoms with Crippen LogP contribution in [0.25, 0.3) is 0 Å². The maximum atomic E-state index is 11.8. The molecule has 0 aliphatic heterocycles. The predicted octanol–water partition coefficient (Wildman–Crippen LogP) is 2.26. The van der Waals surface area contributed by atoms with Crippen LogP contribution in [0.1, 0.15) is 19.4 Å². The number of ketones is 1. The van der Waals surface area contributed by atoms with Gasteiger partial charge in [-0.25, -0.2) is 0 Å². The molecule has 1 rings (SSSR count). The van der Waals surface area contributed by atoms with E-state index in [4.69, 9.17) is 4.84 Å². The van der Waals surface area contributed by atoms with Crippen molar-refractivity contribution in [2.24, 2.45) is 11.1 Å². The fourth-order valence-electron chi connectivity index (χ4n) is 1.20. The molecular weight excluding hydrogens is 190 g/mol. The second kappa shape index (κ2) is 5.29. The van der Waals surface area contributed by atoms with E-state index in [1.807, 2.05) is 44.2 Å². The van der Waals surface area contributed by atoms with Crippen molar-refractivity contribution in [3.8, 4) is 0 Å². The van der Waals surface area contributed by atoms with Crippen molar-refractivity contribution in [3.05, 3.63) is 35.9 Å².